The van der Waals surface area contributed by atoms with Gasteiger partial charge in [-0.25, -0.2) is 0 Å². The summed E-state index contributed by atoms with van der Waals surface area (Å²) >= 11 is 0. The van der Waals surface area contributed by atoms with Gasteiger partial charge in [-0.2, -0.15) is 0 Å². The van der Waals surface area contributed by atoms with Gasteiger partial charge in [0.15, 0.2) is 0 Å². The molecule has 1 amide bonds. The zero-order chi connectivity index (χ0) is 14.8. The molecule has 21 heavy (non-hydrogen) atoms. The molecule has 2 atom stereocenters. The van der Waals surface area contributed by atoms with Crippen molar-refractivity contribution in [3.63, 3.8) is 0 Å². The van der Waals surface area contributed by atoms with Gasteiger partial charge >= 0.3 is 0 Å². The molecule has 2 unspecified atom stereocenters. The highest BCUT2D eigenvalue weighted by atomic mass is 16.2. The number of anilines is 2. The van der Waals surface area contributed by atoms with E-state index in [0.717, 1.165) is 17.4 Å². The zero-order valence-corrected chi connectivity index (χ0v) is 12.7. The quantitative estimate of drug-likeness (QED) is 0.768. The van der Waals surface area contributed by atoms with E-state index in [0.29, 0.717) is 19.1 Å². The predicted molar refractivity (Wildman–Crippen MR) is 85.6 cm³/mol. The van der Waals surface area contributed by atoms with Crippen LogP contribution in [0.2, 0.25) is 0 Å². The fraction of sp³-hybridized carbons (Fsp3) is 0.562. The van der Waals surface area contributed by atoms with Crippen LogP contribution in [0.5, 0.6) is 0 Å². The normalized spacial score (nSPS) is 22.0. The van der Waals surface area contributed by atoms with E-state index in [2.05, 4.69) is 34.8 Å². The third-order valence-electron chi connectivity index (χ3n) is 4.46. The van der Waals surface area contributed by atoms with Crippen molar-refractivity contribution in [2.75, 3.05) is 30.8 Å². The molecule has 1 aromatic rings. The van der Waals surface area contributed by atoms with Crippen LogP contribution in [0.3, 0.4) is 0 Å². The van der Waals surface area contributed by atoms with Crippen LogP contribution in [0.15, 0.2) is 24.3 Å². The second-order valence-corrected chi connectivity index (χ2v) is 6.11. The fourth-order valence-electron chi connectivity index (χ4n) is 2.73. The number of benzene rings is 1. The van der Waals surface area contributed by atoms with Gasteiger partial charge in [-0.1, -0.05) is 12.1 Å². The minimum atomic E-state index is -0.210. The third-order valence-corrected chi connectivity index (χ3v) is 4.46. The summed E-state index contributed by atoms with van der Waals surface area (Å²) in [6.45, 7) is 3.49. The molecule has 0 spiro atoms. The van der Waals surface area contributed by atoms with Crippen molar-refractivity contribution >= 4 is 17.3 Å². The van der Waals surface area contributed by atoms with Gasteiger partial charge in [-0.3, -0.25) is 9.69 Å². The van der Waals surface area contributed by atoms with Crippen molar-refractivity contribution < 1.29 is 4.79 Å². The molecule has 1 aromatic carbocycles. The van der Waals surface area contributed by atoms with Crippen LogP contribution in [-0.2, 0) is 4.79 Å². The molecule has 114 valence electrons. The van der Waals surface area contributed by atoms with Gasteiger partial charge in [-0.15, -0.1) is 0 Å². The Kier molecular flexibility index (Phi) is 4.01. The number of amides is 1. The molecule has 1 aliphatic carbocycles. The maximum atomic E-state index is 12.3. The lowest BCUT2D eigenvalue weighted by atomic mass is 10.1. The summed E-state index contributed by atoms with van der Waals surface area (Å²) in [6, 6.07) is 8.86. The van der Waals surface area contributed by atoms with E-state index in [1.54, 1.807) is 0 Å². The van der Waals surface area contributed by atoms with Gasteiger partial charge in [0.1, 0.15) is 6.04 Å². The number of hydrogen-bond donors (Lipinski definition) is 3. The number of para-hydroxylation sites is 2. The van der Waals surface area contributed by atoms with Crippen molar-refractivity contribution in [3.05, 3.63) is 24.3 Å². The smallest absolute Gasteiger partial charge is 0.244 e. The van der Waals surface area contributed by atoms with Crippen molar-refractivity contribution in [3.8, 4) is 0 Å². The van der Waals surface area contributed by atoms with E-state index < -0.39 is 0 Å². The van der Waals surface area contributed by atoms with Gasteiger partial charge in [0.05, 0.1) is 11.4 Å². The summed E-state index contributed by atoms with van der Waals surface area (Å²) in [7, 11) is 2.14. The third kappa shape index (κ3) is 3.29. The Hall–Kier alpha value is -1.75. The highest BCUT2D eigenvalue weighted by Crippen LogP contribution is 2.27. The summed E-state index contributed by atoms with van der Waals surface area (Å²) in [5.74, 6) is 0.0630. The Morgan fingerprint density at radius 2 is 2.10 bits per heavy atom. The minimum Gasteiger partial charge on any atom is -0.381 e. The molecule has 1 fully saturated rings. The molecule has 0 aromatic heterocycles. The van der Waals surface area contributed by atoms with E-state index in [9.17, 15) is 4.79 Å². The Labute approximate surface area is 126 Å². The monoisotopic (exact) mass is 288 g/mol. The molecule has 1 aliphatic heterocycles. The second-order valence-electron chi connectivity index (χ2n) is 6.11. The maximum Gasteiger partial charge on any atom is 0.244 e. The molecule has 3 rings (SSSR count). The Morgan fingerprint density at radius 1 is 1.38 bits per heavy atom. The van der Waals surface area contributed by atoms with Crippen molar-refractivity contribution in [2.24, 2.45) is 0 Å². The van der Waals surface area contributed by atoms with Gasteiger partial charge in [0.2, 0.25) is 5.91 Å². The summed E-state index contributed by atoms with van der Waals surface area (Å²) < 4.78 is 0. The van der Waals surface area contributed by atoms with Crippen LogP contribution in [0.25, 0.3) is 0 Å². The van der Waals surface area contributed by atoms with Crippen LogP contribution in [0.1, 0.15) is 19.8 Å². The highest BCUT2D eigenvalue weighted by Gasteiger charge is 2.30. The SMILES string of the molecule is CC(CNC(=O)C1CNc2ccccc2N1)N(C)C1CC1. The van der Waals surface area contributed by atoms with Crippen molar-refractivity contribution in [2.45, 2.75) is 37.9 Å². The number of carbonyl (C=O) groups excluding carboxylic acids is 1. The van der Waals surface area contributed by atoms with E-state index in [-0.39, 0.29) is 11.9 Å². The number of hydrogen-bond acceptors (Lipinski definition) is 4. The summed E-state index contributed by atoms with van der Waals surface area (Å²) in [6.07, 6.45) is 2.58. The van der Waals surface area contributed by atoms with E-state index in [1.165, 1.54) is 12.8 Å². The molecule has 2 aliphatic rings. The molecule has 1 heterocycles. The van der Waals surface area contributed by atoms with E-state index in [4.69, 9.17) is 0 Å². The molecule has 0 radical (unpaired) electrons. The van der Waals surface area contributed by atoms with Crippen molar-refractivity contribution in [1.82, 2.24) is 10.2 Å². The Morgan fingerprint density at radius 3 is 2.81 bits per heavy atom. The van der Waals surface area contributed by atoms with Gasteiger partial charge in [0, 0.05) is 25.2 Å². The second kappa shape index (κ2) is 5.93. The number of fused-ring (bicyclic) bond motifs is 1. The molecular formula is C16H24N4O. The maximum absolute atomic E-state index is 12.3. The first kappa shape index (κ1) is 14.2. The molecule has 0 saturated heterocycles. The van der Waals surface area contributed by atoms with Crippen LogP contribution < -0.4 is 16.0 Å². The van der Waals surface area contributed by atoms with Crippen LogP contribution in [-0.4, -0.2) is 49.1 Å². The first-order valence-corrected chi connectivity index (χ1v) is 7.74. The van der Waals surface area contributed by atoms with Crippen LogP contribution in [0.4, 0.5) is 11.4 Å². The van der Waals surface area contributed by atoms with Crippen molar-refractivity contribution in [1.29, 1.82) is 0 Å². The summed E-state index contributed by atoms with van der Waals surface area (Å²) in [4.78, 5) is 14.7. The fourth-order valence-corrected chi connectivity index (χ4v) is 2.73. The summed E-state index contributed by atoms with van der Waals surface area (Å²) in [5.41, 5.74) is 2.05. The Bertz CT molecular complexity index is 515. The largest absolute Gasteiger partial charge is 0.381 e. The Balaban J connectivity index is 1.50. The molecule has 3 N–H and O–H groups in total. The average Bonchev–Trinajstić information content (AvgIpc) is 3.35. The predicted octanol–water partition coefficient (Wildman–Crippen LogP) is 1.49. The van der Waals surface area contributed by atoms with Crippen LogP contribution in [0, 0.1) is 0 Å². The zero-order valence-electron chi connectivity index (χ0n) is 12.7. The number of nitrogens with zero attached hydrogens (tertiary/aromatic N) is 1. The van der Waals surface area contributed by atoms with E-state index >= 15 is 0 Å². The van der Waals surface area contributed by atoms with Gasteiger partial charge < -0.3 is 16.0 Å². The number of nitrogens with one attached hydrogen (secondary N) is 3. The first-order valence-electron chi connectivity index (χ1n) is 7.74. The molecule has 1 saturated carbocycles. The minimum absolute atomic E-state index is 0.0630. The summed E-state index contributed by atoms with van der Waals surface area (Å²) in [5, 5.41) is 9.66. The van der Waals surface area contributed by atoms with Gasteiger partial charge in [-0.05, 0) is 38.9 Å². The number of likely N-dealkylation sites (N-methyl/N-ethyl adjacent to an activating group) is 1. The number of carbonyl (C=O) groups is 1. The average molecular weight is 288 g/mol. The topological polar surface area (TPSA) is 56.4 Å². The van der Waals surface area contributed by atoms with Crippen LogP contribution >= 0.6 is 0 Å². The lowest BCUT2D eigenvalue weighted by Crippen LogP contribution is -2.49. The number of rotatable bonds is 5. The molecular weight excluding hydrogens is 264 g/mol. The highest BCUT2D eigenvalue weighted by molar-refractivity contribution is 5.88. The molecule has 0 bridgehead atoms. The lowest BCUT2D eigenvalue weighted by molar-refractivity contribution is -0.121. The van der Waals surface area contributed by atoms with E-state index in [1.807, 2.05) is 24.3 Å². The van der Waals surface area contributed by atoms with Gasteiger partial charge in [0.25, 0.3) is 0 Å². The first-order chi connectivity index (χ1) is 10.1. The molecule has 5 heteroatoms. The lowest BCUT2D eigenvalue weighted by Gasteiger charge is -2.29. The molecule has 5 nitrogen and oxygen atoms in total. The standard InChI is InChI=1S/C16H24N4O/c1-11(20(2)12-7-8-12)9-18-16(21)15-10-17-13-5-3-4-6-14(13)19-15/h3-6,11-12,15,17,19H,7-10H2,1-2H3,(H,18,21).